The van der Waals surface area contributed by atoms with E-state index >= 15 is 0 Å². The average Bonchev–Trinajstić information content (AvgIpc) is 2.93. The van der Waals surface area contributed by atoms with Crippen LogP contribution in [-0.4, -0.2) is 18.5 Å². The Labute approximate surface area is 245 Å². The third-order valence-corrected chi connectivity index (χ3v) is 17.1. The summed E-state index contributed by atoms with van der Waals surface area (Å²) in [5, 5.41) is 0. The Morgan fingerprint density at radius 3 is 1.00 bits per heavy atom. The van der Waals surface area contributed by atoms with Crippen molar-refractivity contribution in [2.24, 2.45) is 0 Å². The predicted octanol–water partition coefficient (Wildman–Crippen LogP) is 13.9. The van der Waals surface area contributed by atoms with E-state index in [0.717, 1.165) is 0 Å². The van der Waals surface area contributed by atoms with Crippen molar-refractivity contribution in [3.63, 3.8) is 0 Å². The molecule has 0 aliphatic rings. The van der Waals surface area contributed by atoms with E-state index in [4.69, 9.17) is 0 Å². The second-order valence-corrected chi connectivity index (χ2v) is 20.0. The van der Waals surface area contributed by atoms with E-state index in [-0.39, 0.29) is 0 Å². The van der Waals surface area contributed by atoms with Gasteiger partial charge in [-0.2, -0.15) is 0 Å². The van der Waals surface area contributed by atoms with Crippen molar-refractivity contribution < 1.29 is 0 Å². The van der Waals surface area contributed by atoms with Gasteiger partial charge in [0.25, 0.3) is 0 Å². The van der Waals surface area contributed by atoms with Gasteiger partial charge in [0.1, 0.15) is 0 Å². The third-order valence-electron chi connectivity index (χ3n) is 8.54. The van der Waals surface area contributed by atoms with E-state index in [1.54, 1.807) is 23.4 Å². The fourth-order valence-electron chi connectivity index (χ4n) is 6.01. The Morgan fingerprint density at radius 1 is 0.395 bits per heavy atom. The van der Waals surface area contributed by atoms with Gasteiger partial charge in [0.2, 0.25) is 0 Å². The summed E-state index contributed by atoms with van der Waals surface area (Å²) < 4.78 is 0. The molecule has 0 heterocycles. The molecule has 2 heteroatoms. The molecule has 0 radical (unpaired) electrons. The van der Waals surface area contributed by atoms with Gasteiger partial charge in [0, 0.05) is 0 Å². The van der Waals surface area contributed by atoms with Gasteiger partial charge in [-0.05, 0) is 0 Å². The Balaban J connectivity index is 2.63. The number of hydrogen-bond acceptors (Lipinski definition) is 1. The Hall–Kier alpha value is 0. The number of rotatable bonds is 29. The SMILES string of the molecule is CCCCCCCCCC[PH](CCCCCCCCCC)(CCCCCCCCCC)Sc1ccccc1. The molecule has 0 atom stereocenters. The van der Waals surface area contributed by atoms with Crippen LogP contribution >= 0.6 is 17.8 Å². The summed E-state index contributed by atoms with van der Waals surface area (Å²) in [6.45, 7) is 5.62. The van der Waals surface area contributed by atoms with Crippen LogP contribution in [0.2, 0.25) is 0 Å². The summed E-state index contributed by atoms with van der Waals surface area (Å²) in [7, 11) is 0. The molecule has 0 nitrogen and oxygen atoms in total. The van der Waals surface area contributed by atoms with Crippen LogP contribution in [0.1, 0.15) is 175 Å². The molecule has 0 saturated heterocycles. The van der Waals surface area contributed by atoms with Crippen molar-refractivity contribution >= 4 is 17.8 Å². The fraction of sp³-hybridized carbons (Fsp3) is 0.833. The van der Waals surface area contributed by atoms with E-state index in [1.165, 1.54) is 154 Å². The second kappa shape index (κ2) is 27.2. The standard InChI is InChI=1S/C36H69PS/c1-4-7-10-13-16-19-22-28-33-37(38-36-31-26-25-27-32-36,34-29-23-20-17-14-11-8-5-2)35-30-24-21-18-15-12-9-6-3/h25-27,31-32,37H,4-24,28-30,33-35H2,1-3H3. The summed E-state index contributed by atoms with van der Waals surface area (Å²) in [6, 6.07) is 11.5. The first kappa shape index (κ1) is 36.0. The Kier molecular flexibility index (Phi) is 25.8. The number of hydrogen-bond donors (Lipinski definition) is 0. The minimum atomic E-state index is -1.36. The van der Waals surface area contributed by atoms with Gasteiger partial charge >= 0.3 is 246 Å². The molecular formula is C36H69PS. The zero-order chi connectivity index (χ0) is 27.4. The normalized spacial score (nSPS) is 12.3. The first-order valence-electron chi connectivity index (χ1n) is 17.5. The van der Waals surface area contributed by atoms with Crippen molar-refractivity contribution in [3.05, 3.63) is 30.3 Å². The molecule has 0 aromatic heterocycles. The van der Waals surface area contributed by atoms with Gasteiger partial charge in [-0.1, -0.05) is 0 Å². The Morgan fingerprint density at radius 2 is 0.684 bits per heavy atom. The monoisotopic (exact) mass is 564 g/mol. The molecule has 0 amide bonds. The van der Waals surface area contributed by atoms with Crippen molar-refractivity contribution in [1.29, 1.82) is 0 Å². The van der Waals surface area contributed by atoms with Crippen LogP contribution < -0.4 is 0 Å². The zero-order valence-corrected chi connectivity index (χ0v) is 28.2. The molecule has 38 heavy (non-hydrogen) atoms. The third kappa shape index (κ3) is 20.8. The van der Waals surface area contributed by atoms with Crippen LogP contribution in [0.3, 0.4) is 0 Å². The summed E-state index contributed by atoms with van der Waals surface area (Å²) >= 11 is 2.40. The molecular weight excluding hydrogens is 495 g/mol. The molecule has 0 spiro atoms. The van der Waals surface area contributed by atoms with Crippen molar-refractivity contribution in [2.45, 2.75) is 180 Å². The summed E-state index contributed by atoms with van der Waals surface area (Å²) in [4.78, 5) is 1.57. The van der Waals surface area contributed by atoms with Gasteiger partial charge in [-0.15, -0.1) is 0 Å². The van der Waals surface area contributed by atoms with Crippen LogP contribution in [-0.2, 0) is 0 Å². The molecule has 0 saturated carbocycles. The predicted molar refractivity (Wildman–Crippen MR) is 183 cm³/mol. The first-order valence-corrected chi connectivity index (χ1v) is 21.7. The zero-order valence-electron chi connectivity index (χ0n) is 26.4. The molecule has 1 aromatic carbocycles. The summed E-state index contributed by atoms with van der Waals surface area (Å²) in [5.41, 5.74) is 0. The average molecular weight is 565 g/mol. The van der Waals surface area contributed by atoms with Gasteiger partial charge in [-0.3, -0.25) is 0 Å². The van der Waals surface area contributed by atoms with Crippen LogP contribution in [0.5, 0.6) is 0 Å². The Bertz CT molecular complexity index is 536. The molecule has 0 aliphatic carbocycles. The summed E-state index contributed by atoms with van der Waals surface area (Å²) in [6.07, 6.45) is 39.6. The molecule has 0 aliphatic heterocycles. The minimum absolute atomic E-state index is 1.36. The molecule has 0 N–H and O–H groups in total. The molecule has 0 fully saturated rings. The first-order chi connectivity index (χ1) is 18.8. The van der Waals surface area contributed by atoms with E-state index in [0.29, 0.717) is 0 Å². The maximum absolute atomic E-state index is 2.40. The van der Waals surface area contributed by atoms with E-state index in [9.17, 15) is 0 Å². The van der Waals surface area contributed by atoms with Crippen LogP contribution in [0.25, 0.3) is 0 Å². The van der Waals surface area contributed by atoms with Crippen LogP contribution in [0.15, 0.2) is 35.2 Å². The van der Waals surface area contributed by atoms with Crippen LogP contribution in [0.4, 0.5) is 0 Å². The van der Waals surface area contributed by atoms with E-state index in [2.05, 4.69) is 62.5 Å². The molecule has 224 valence electrons. The quantitative estimate of drug-likeness (QED) is 0.0688. The number of benzene rings is 1. The molecule has 0 unspecified atom stereocenters. The second-order valence-electron chi connectivity index (χ2n) is 12.3. The molecule has 1 aromatic rings. The molecule has 0 bridgehead atoms. The van der Waals surface area contributed by atoms with E-state index < -0.39 is 6.46 Å². The summed E-state index contributed by atoms with van der Waals surface area (Å²) in [5.74, 6) is 0. The van der Waals surface area contributed by atoms with Crippen molar-refractivity contribution in [2.75, 3.05) is 18.5 Å². The van der Waals surface area contributed by atoms with Gasteiger partial charge in [0.05, 0.1) is 0 Å². The number of unbranched alkanes of at least 4 members (excludes halogenated alkanes) is 21. The van der Waals surface area contributed by atoms with Crippen LogP contribution in [0, 0.1) is 0 Å². The van der Waals surface area contributed by atoms with E-state index in [1.807, 2.05) is 0 Å². The van der Waals surface area contributed by atoms with Gasteiger partial charge < -0.3 is 0 Å². The fourth-order valence-corrected chi connectivity index (χ4v) is 14.7. The van der Waals surface area contributed by atoms with Crippen molar-refractivity contribution in [1.82, 2.24) is 0 Å². The van der Waals surface area contributed by atoms with Gasteiger partial charge in [0.15, 0.2) is 0 Å². The van der Waals surface area contributed by atoms with Crippen molar-refractivity contribution in [3.8, 4) is 0 Å². The topological polar surface area (TPSA) is 0 Å². The molecule has 1 rings (SSSR count). The van der Waals surface area contributed by atoms with Gasteiger partial charge in [-0.25, -0.2) is 0 Å². The maximum atomic E-state index is 2.40.